The van der Waals surface area contributed by atoms with E-state index in [9.17, 15) is 9.59 Å². The zero-order valence-electron chi connectivity index (χ0n) is 10.7. The molecule has 19 heavy (non-hydrogen) atoms. The number of rotatable bonds is 3. The van der Waals surface area contributed by atoms with E-state index in [4.69, 9.17) is 5.11 Å². The highest BCUT2D eigenvalue weighted by Gasteiger charge is 2.27. The predicted octanol–water partition coefficient (Wildman–Crippen LogP) is 0.852. The highest BCUT2D eigenvalue weighted by Crippen LogP contribution is 2.11. The van der Waals surface area contributed by atoms with Gasteiger partial charge in [0.15, 0.2) is 0 Å². The normalized spacial score (nSPS) is 19.2. The summed E-state index contributed by atoms with van der Waals surface area (Å²) >= 11 is 0. The van der Waals surface area contributed by atoms with Crippen LogP contribution in [0.4, 0.5) is 0 Å². The monoisotopic (exact) mass is 262 g/mol. The minimum absolute atomic E-state index is 0.164. The van der Waals surface area contributed by atoms with Gasteiger partial charge in [-0.15, -0.1) is 0 Å². The molecule has 0 bridgehead atoms. The van der Waals surface area contributed by atoms with Crippen molar-refractivity contribution in [2.24, 2.45) is 0 Å². The Hall–Kier alpha value is -1.88. The van der Waals surface area contributed by atoms with E-state index >= 15 is 0 Å². The van der Waals surface area contributed by atoms with Gasteiger partial charge in [0.2, 0.25) is 0 Å². The summed E-state index contributed by atoms with van der Waals surface area (Å²) in [6.45, 7) is 1.74. The van der Waals surface area contributed by atoms with Crippen molar-refractivity contribution in [1.82, 2.24) is 10.2 Å². The van der Waals surface area contributed by atoms with Crippen molar-refractivity contribution < 1.29 is 14.7 Å². The van der Waals surface area contributed by atoms with E-state index in [1.54, 1.807) is 0 Å². The zero-order valence-corrected chi connectivity index (χ0v) is 10.7. The first-order valence-electron chi connectivity index (χ1n) is 6.46. The van der Waals surface area contributed by atoms with E-state index in [2.05, 4.69) is 5.32 Å². The van der Waals surface area contributed by atoms with Crippen LogP contribution in [0.3, 0.4) is 0 Å². The molecule has 0 spiro atoms. The fourth-order valence-electron chi connectivity index (χ4n) is 2.32. The van der Waals surface area contributed by atoms with Gasteiger partial charge in [0.25, 0.3) is 0 Å². The first-order chi connectivity index (χ1) is 9.16. The Bertz CT molecular complexity index is 447. The molecule has 102 valence electrons. The standard InChI is InChI=1S/C14H18N2O3/c17-13(14(18)19)16-8-4-7-12(10-16)15-9-11-5-2-1-3-6-11/h1-3,5-6,12,15H,4,7-10H2,(H,18,19). The van der Waals surface area contributed by atoms with E-state index in [1.807, 2.05) is 30.3 Å². The van der Waals surface area contributed by atoms with Gasteiger partial charge in [0, 0.05) is 25.7 Å². The van der Waals surface area contributed by atoms with Crippen molar-refractivity contribution in [2.45, 2.75) is 25.4 Å². The number of carboxylic acids is 1. The number of nitrogens with zero attached hydrogens (tertiary/aromatic N) is 1. The molecule has 1 aromatic rings. The second kappa shape index (κ2) is 6.33. The first kappa shape index (κ1) is 13.5. The lowest BCUT2D eigenvalue weighted by Gasteiger charge is -2.32. The average molecular weight is 262 g/mol. The second-order valence-electron chi connectivity index (χ2n) is 4.76. The highest BCUT2D eigenvalue weighted by atomic mass is 16.4. The first-order valence-corrected chi connectivity index (χ1v) is 6.46. The molecule has 1 aliphatic heterocycles. The number of carbonyl (C=O) groups excluding carboxylic acids is 1. The van der Waals surface area contributed by atoms with Gasteiger partial charge in [-0.3, -0.25) is 4.79 Å². The maximum atomic E-state index is 11.4. The molecular weight excluding hydrogens is 244 g/mol. The second-order valence-corrected chi connectivity index (χ2v) is 4.76. The lowest BCUT2D eigenvalue weighted by molar-refractivity contribution is -0.156. The quantitative estimate of drug-likeness (QED) is 0.792. The van der Waals surface area contributed by atoms with Crippen LogP contribution in [-0.4, -0.2) is 41.0 Å². The zero-order chi connectivity index (χ0) is 13.7. The van der Waals surface area contributed by atoms with Crippen LogP contribution in [0.2, 0.25) is 0 Å². The number of carbonyl (C=O) groups is 2. The van der Waals surface area contributed by atoms with Crippen LogP contribution in [0, 0.1) is 0 Å². The van der Waals surface area contributed by atoms with Crippen molar-refractivity contribution in [3.63, 3.8) is 0 Å². The van der Waals surface area contributed by atoms with Gasteiger partial charge >= 0.3 is 11.9 Å². The lowest BCUT2D eigenvalue weighted by atomic mass is 10.1. The van der Waals surface area contributed by atoms with Crippen LogP contribution in [0.25, 0.3) is 0 Å². The Morgan fingerprint density at radius 1 is 1.32 bits per heavy atom. The van der Waals surface area contributed by atoms with Gasteiger partial charge in [-0.05, 0) is 18.4 Å². The third-order valence-corrected chi connectivity index (χ3v) is 3.33. The predicted molar refractivity (Wildman–Crippen MR) is 70.5 cm³/mol. The van der Waals surface area contributed by atoms with Crippen molar-refractivity contribution in [1.29, 1.82) is 0 Å². The SMILES string of the molecule is O=C(O)C(=O)N1CCCC(NCc2ccccc2)C1. The number of carboxylic acid groups (broad SMARTS) is 1. The summed E-state index contributed by atoms with van der Waals surface area (Å²) in [7, 11) is 0. The van der Waals surface area contributed by atoms with Crippen LogP contribution in [-0.2, 0) is 16.1 Å². The van der Waals surface area contributed by atoms with Crippen molar-refractivity contribution in [2.75, 3.05) is 13.1 Å². The lowest BCUT2D eigenvalue weighted by Crippen LogP contribution is -2.49. The summed E-state index contributed by atoms with van der Waals surface area (Å²) in [6, 6.07) is 10.2. The fourth-order valence-corrected chi connectivity index (χ4v) is 2.32. The molecular formula is C14H18N2O3. The van der Waals surface area contributed by atoms with E-state index in [-0.39, 0.29) is 6.04 Å². The number of hydrogen-bond acceptors (Lipinski definition) is 3. The summed E-state index contributed by atoms with van der Waals surface area (Å²) in [5.74, 6) is -2.17. The Morgan fingerprint density at radius 2 is 2.05 bits per heavy atom. The van der Waals surface area contributed by atoms with E-state index in [1.165, 1.54) is 10.5 Å². The van der Waals surface area contributed by atoms with Gasteiger partial charge in [-0.2, -0.15) is 0 Å². The Balaban J connectivity index is 1.84. The van der Waals surface area contributed by atoms with Crippen LogP contribution < -0.4 is 5.32 Å². The van der Waals surface area contributed by atoms with Crippen LogP contribution >= 0.6 is 0 Å². The van der Waals surface area contributed by atoms with Crippen molar-refractivity contribution in [3.8, 4) is 0 Å². The molecule has 1 atom stereocenters. The van der Waals surface area contributed by atoms with Crippen molar-refractivity contribution >= 4 is 11.9 Å². The van der Waals surface area contributed by atoms with Gasteiger partial charge in [0.1, 0.15) is 0 Å². The topological polar surface area (TPSA) is 69.6 Å². The average Bonchev–Trinajstić information content (AvgIpc) is 2.45. The number of aliphatic carboxylic acids is 1. The largest absolute Gasteiger partial charge is 0.474 e. The Labute approximate surface area is 112 Å². The minimum Gasteiger partial charge on any atom is -0.474 e. The molecule has 1 heterocycles. The summed E-state index contributed by atoms with van der Waals surface area (Å²) in [5, 5.41) is 12.1. The smallest absolute Gasteiger partial charge is 0.394 e. The Morgan fingerprint density at radius 3 is 2.74 bits per heavy atom. The molecule has 0 saturated carbocycles. The van der Waals surface area contributed by atoms with E-state index in [0.29, 0.717) is 13.1 Å². The maximum Gasteiger partial charge on any atom is 0.394 e. The fraction of sp³-hybridized carbons (Fsp3) is 0.429. The Kier molecular flexibility index (Phi) is 4.52. The minimum atomic E-state index is -1.37. The molecule has 2 rings (SSSR count). The molecule has 1 aromatic carbocycles. The summed E-state index contributed by atoms with van der Waals surface area (Å²) in [5.41, 5.74) is 1.18. The molecule has 0 radical (unpaired) electrons. The van der Waals surface area contributed by atoms with E-state index < -0.39 is 11.9 Å². The molecule has 1 saturated heterocycles. The number of likely N-dealkylation sites (tertiary alicyclic amines) is 1. The summed E-state index contributed by atoms with van der Waals surface area (Å²) in [4.78, 5) is 23.5. The van der Waals surface area contributed by atoms with Crippen molar-refractivity contribution in [3.05, 3.63) is 35.9 Å². The molecule has 0 aromatic heterocycles. The molecule has 5 nitrogen and oxygen atoms in total. The molecule has 1 aliphatic rings. The number of hydrogen-bond donors (Lipinski definition) is 2. The number of amides is 1. The molecule has 0 aliphatic carbocycles. The van der Waals surface area contributed by atoms with E-state index in [0.717, 1.165) is 19.4 Å². The molecule has 1 amide bonds. The van der Waals surface area contributed by atoms with Gasteiger partial charge < -0.3 is 15.3 Å². The van der Waals surface area contributed by atoms with Crippen LogP contribution in [0.15, 0.2) is 30.3 Å². The molecule has 2 N–H and O–H groups in total. The highest BCUT2D eigenvalue weighted by molar-refractivity contribution is 6.31. The van der Waals surface area contributed by atoms with Crippen LogP contribution in [0.5, 0.6) is 0 Å². The third-order valence-electron chi connectivity index (χ3n) is 3.33. The molecule has 1 unspecified atom stereocenters. The molecule has 1 fully saturated rings. The molecule has 5 heteroatoms. The number of piperidine rings is 1. The van der Waals surface area contributed by atoms with Crippen LogP contribution in [0.1, 0.15) is 18.4 Å². The van der Waals surface area contributed by atoms with Gasteiger partial charge in [-0.25, -0.2) is 4.79 Å². The van der Waals surface area contributed by atoms with Gasteiger partial charge in [0.05, 0.1) is 0 Å². The maximum absolute atomic E-state index is 11.4. The number of nitrogens with one attached hydrogen (secondary N) is 1. The number of benzene rings is 1. The summed E-state index contributed by atoms with van der Waals surface area (Å²) < 4.78 is 0. The third kappa shape index (κ3) is 3.79. The summed E-state index contributed by atoms with van der Waals surface area (Å²) in [6.07, 6.45) is 1.81. The van der Waals surface area contributed by atoms with Gasteiger partial charge in [-0.1, -0.05) is 30.3 Å².